The van der Waals surface area contributed by atoms with Crippen molar-refractivity contribution in [3.63, 3.8) is 0 Å². The molecule has 1 amide bonds. The van der Waals surface area contributed by atoms with Crippen LogP contribution < -0.4 is 10.0 Å². The lowest BCUT2D eigenvalue weighted by Crippen LogP contribution is -2.47. The Morgan fingerprint density at radius 1 is 1.32 bits per heavy atom. The molecule has 3 N–H and O–H groups in total. The summed E-state index contributed by atoms with van der Waals surface area (Å²) in [5, 5.41) is 12.0. The molecule has 0 spiro atoms. The lowest BCUT2D eigenvalue weighted by atomic mass is 10.0. The van der Waals surface area contributed by atoms with E-state index in [-0.39, 0.29) is 11.8 Å². The van der Waals surface area contributed by atoms with Crippen molar-refractivity contribution in [2.75, 3.05) is 12.8 Å². The Bertz CT molecular complexity index is 368. The van der Waals surface area contributed by atoms with Crippen LogP contribution in [0.25, 0.3) is 0 Å². The molecule has 0 radical (unpaired) electrons. The number of aliphatic hydroxyl groups is 1. The Morgan fingerprint density at radius 2 is 1.89 bits per heavy atom. The first-order valence-electron chi connectivity index (χ1n) is 6.58. The highest BCUT2D eigenvalue weighted by Gasteiger charge is 2.22. The first-order chi connectivity index (χ1) is 8.65. The summed E-state index contributed by atoms with van der Waals surface area (Å²) in [5.41, 5.74) is 0. The van der Waals surface area contributed by atoms with Crippen LogP contribution in [0.3, 0.4) is 0 Å². The fourth-order valence-electron chi connectivity index (χ4n) is 1.63. The van der Waals surface area contributed by atoms with Gasteiger partial charge in [-0.2, -0.15) is 0 Å². The average molecular weight is 294 g/mol. The largest absolute Gasteiger partial charge is 0.393 e. The number of aliphatic hydroxyl groups excluding tert-OH is 1. The minimum Gasteiger partial charge on any atom is -0.393 e. The topological polar surface area (TPSA) is 95.5 Å². The molecule has 0 aromatic heterocycles. The minimum atomic E-state index is -3.42. The third kappa shape index (κ3) is 9.86. The lowest BCUT2D eigenvalue weighted by Gasteiger charge is -2.19. The van der Waals surface area contributed by atoms with Crippen LogP contribution in [0.1, 0.15) is 40.0 Å². The molecule has 0 heterocycles. The van der Waals surface area contributed by atoms with Crippen molar-refractivity contribution in [1.82, 2.24) is 10.0 Å². The Labute approximate surface area is 116 Å². The van der Waals surface area contributed by atoms with Gasteiger partial charge in [-0.05, 0) is 25.2 Å². The van der Waals surface area contributed by atoms with E-state index in [1.807, 2.05) is 20.8 Å². The zero-order chi connectivity index (χ0) is 15.1. The molecule has 0 saturated carbocycles. The van der Waals surface area contributed by atoms with E-state index in [4.69, 9.17) is 0 Å². The Morgan fingerprint density at radius 3 is 2.32 bits per heavy atom. The van der Waals surface area contributed by atoms with Gasteiger partial charge >= 0.3 is 0 Å². The van der Waals surface area contributed by atoms with E-state index >= 15 is 0 Å². The molecular weight excluding hydrogens is 268 g/mol. The van der Waals surface area contributed by atoms with Gasteiger partial charge < -0.3 is 10.4 Å². The highest BCUT2D eigenvalue weighted by Crippen LogP contribution is 2.06. The average Bonchev–Trinajstić information content (AvgIpc) is 2.25. The Balaban J connectivity index is 4.38. The maximum atomic E-state index is 11.9. The number of amides is 1. The monoisotopic (exact) mass is 294 g/mol. The lowest BCUT2D eigenvalue weighted by molar-refractivity contribution is -0.123. The number of hydrogen-bond acceptors (Lipinski definition) is 4. The molecule has 2 unspecified atom stereocenters. The zero-order valence-corrected chi connectivity index (χ0v) is 13.0. The SMILES string of the molecule is CCC(O)CCNC(=O)C(CC(C)C)NS(C)(=O)=O. The number of hydrogen-bond donors (Lipinski definition) is 3. The fraction of sp³-hybridized carbons (Fsp3) is 0.917. The van der Waals surface area contributed by atoms with Gasteiger partial charge in [0.1, 0.15) is 6.04 Å². The summed E-state index contributed by atoms with van der Waals surface area (Å²) in [4.78, 5) is 11.9. The van der Waals surface area contributed by atoms with E-state index in [0.29, 0.717) is 25.8 Å². The molecule has 2 atom stereocenters. The maximum Gasteiger partial charge on any atom is 0.238 e. The molecule has 0 aromatic rings. The van der Waals surface area contributed by atoms with Crippen LogP contribution in [-0.4, -0.2) is 44.4 Å². The Kier molecular flexibility index (Phi) is 8.20. The molecule has 0 rings (SSSR count). The molecule has 7 heteroatoms. The molecule has 0 aliphatic heterocycles. The normalized spacial score (nSPS) is 15.3. The number of sulfonamides is 1. The van der Waals surface area contributed by atoms with Crippen LogP contribution in [0.4, 0.5) is 0 Å². The zero-order valence-electron chi connectivity index (χ0n) is 12.1. The van der Waals surface area contributed by atoms with Crippen LogP contribution in [0.2, 0.25) is 0 Å². The van der Waals surface area contributed by atoms with E-state index in [2.05, 4.69) is 10.0 Å². The van der Waals surface area contributed by atoms with Crippen molar-refractivity contribution in [2.45, 2.75) is 52.2 Å². The van der Waals surface area contributed by atoms with Crippen LogP contribution in [0.5, 0.6) is 0 Å². The number of carbonyl (C=O) groups is 1. The van der Waals surface area contributed by atoms with Gasteiger partial charge in [0.05, 0.1) is 12.4 Å². The van der Waals surface area contributed by atoms with Crippen molar-refractivity contribution in [3.8, 4) is 0 Å². The third-order valence-electron chi connectivity index (χ3n) is 2.63. The summed E-state index contributed by atoms with van der Waals surface area (Å²) in [6, 6.07) is -0.756. The molecule has 0 aliphatic carbocycles. The smallest absolute Gasteiger partial charge is 0.238 e. The van der Waals surface area contributed by atoms with E-state index in [0.717, 1.165) is 6.26 Å². The molecule has 19 heavy (non-hydrogen) atoms. The number of carbonyl (C=O) groups excluding carboxylic acids is 1. The van der Waals surface area contributed by atoms with Crippen LogP contribution in [0.15, 0.2) is 0 Å². The van der Waals surface area contributed by atoms with Crippen LogP contribution in [0, 0.1) is 5.92 Å². The Hall–Kier alpha value is -0.660. The van der Waals surface area contributed by atoms with E-state index in [1.54, 1.807) is 0 Å². The second kappa shape index (κ2) is 8.50. The van der Waals surface area contributed by atoms with Gasteiger partial charge in [-0.15, -0.1) is 0 Å². The van der Waals surface area contributed by atoms with Gasteiger partial charge in [-0.3, -0.25) is 4.79 Å². The summed E-state index contributed by atoms with van der Waals surface area (Å²) >= 11 is 0. The van der Waals surface area contributed by atoms with Crippen molar-refractivity contribution in [2.24, 2.45) is 5.92 Å². The molecule has 0 bridgehead atoms. The molecular formula is C12H26N2O4S. The van der Waals surface area contributed by atoms with Crippen molar-refractivity contribution in [1.29, 1.82) is 0 Å². The molecule has 0 fully saturated rings. The minimum absolute atomic E-state index is 0.200. The number of nitrogens with one attached hydrogen (secondary N) is 2. The summed E-state index contributed by atoms with van der Waals surface area (Å²) in [6.45, 7) is 6.04. The first-order valence-corrected chi connectivity index (χ1v) is 8.48. The van der Waals surface area contributed by atoms with Crippen LogP contribution in [-0.2, 0) is 14.8 Å². The van der Waals surface area contributed by atoms with Gasteiger partial charge in [-0.1, -0.05) is 20.8 Å². The molecule has 0 aromatic carbocycles. The van der Waals surface area contributed by atoms with Crippen molar-refractivity contribution >= 4 is 15.9 Å². The second-order valence-electron chi connectivity index (χ2n) is 5.21. The second-order valence-corrected chi connectivity index (χ2v) is 6.99. The summed E-state index contributed by atoms with van der Waals surface area (Å²) < 4.78 is 24.8. The summed E-state index contributed by atoms with van der Waals surface area (Å²) in [6.07, 6.45) is 2.14. The van der Waals surface area contributed by atoms with E-state index in [9.17, 15) is 18.3 Å². The molecule has 0 aliphatic rings. The summed E-state index contributed by atoms with van der Waals surface area (Å²) in [5.74, 6) is -0.145. The van der Waals surface area contributed by atoms with Gasteiger partial charge in [-0.25, -0.2) is 13.1 Å². The van der Waals surface area contributed by atoms with E-state index < -0.39 is 22.2 Å². The first kappa shape index (κ1) is 18.3. The standard InChI is InChI=1S/C12H26N2O4S/c1-5-10(15)6-7-13-12(16)11(8-9(2)3)14-19(4,17)18/h9-11,14-15H,5-8H2,1-4H3,(H,13,16). The van der Waals surface area contributed by atoms with Gasteiger partial charge in [0.2, 0.25) is 15.9 Å². The molecule has 6 nitrogen and oxygen atoms in total. The van der Waals surface area contributed by atoms with Crippen molar-refractivity contribution < 1.29 is 18.3 Å². The van der Waals surface area contributed by atoms with E-state index in [1.165, 1.54) is 0 Å². The van der Waals surface area contributed by atoms with Gasteiger partial charge in [0.25, 0.3) is 0 Å². The van der Waals surface area contributed by atoms with Crippen LogP contribution >= 0.6 is 0 Å². The highest BCUT2D eigenvalue weighted by atomic mass is 32.2. The number of rotatable bonds is 9. The quantitative estimate of drug-likeness (QED) is 0.567. The highest BCUT2D eigenvalue weighted by molar-refractivity contribution is 7.88. The fourth-order valence-corrected chi connectivity index (χ4v) is 2.35. The van der Waals surface area contributed by atoms with Gasteiger partial charge in [0.15, 0.2) is 0 Å². The maximum absolute atomic E-state index is 11.9. The predicted molar refractivity (Wildman–Crippen MR) is 75.1 cm³/mol. The molecule has 114 valence electrons. The predicted octanol–water partition coefficient (Wildman–Crippen LogP) is 0.228. The molecule has 0 saturated heterocycles. The van der Waals surface area contributed by atoms with Crippen molar-refractivity contribution in [3.05, 3.63) is 0 Å². The third-order valence-corrected chi connectivity index (χ3v) is 3.34. The summed E-state index contributed by atoms with van der Waals surface area (Å²) in [7, 11) is -3.42. The van der Waals surface area contributed by atoms with Gasteiger partial charge in [0, 0.05) is 6.54 Å².